The third-order valence-corrected chi connectivity index (χ3v) is 4.87. The summed E-state index contributed by atoms with van der Waals surface area (Å²) in [5.41, 5.74) is -0.617. The molecule has 1 heterocycles. The topological polar surface area (TPSA) is 40.5 Å². The lowest BCUT2D eigenvalue weighted by molar-refractivity contribution is -0.156. The molecule has 0 aromatic rings. The van der Waals surface area contributed by atoms with Gasteiger partial charge in [-0.05, 0) is 51.5 Å². The molecule has 3 heteroatoms. The Labute approximate surface area is 104 Å². The third kappa shape index (κ3) is 2.35. The van der Waals surface area contributed by atoms with E-state index in [-0.39, 0.29) is 0 Å². The van der Waals surface area contributed by atoms with Gasteiger partial charge in [0.15, 0.2) is 0 Å². The summed E-state index contributed by atoms with van der Waals surface area (Å²) in [6, 6.07) is 0.491. The first-order valence-corrected chi connectivity index (χ1v) is 7.06. The predicted molar refractivity (Wildman–Crippen MR) is 68.0 cm³/mol. The Kier molecular flexibility index (Phi) is 3.76. The maximum atomic E-state index is 11.6. The zero-order valence-corrected chi connectivity index (χ0v) is 11.1. The normalized spacial score (nSPS) is 40.1. The van der Waals surface area contributed by atoms with Crippen LogP contribution in [0.4, 0.5) is 0 Å². The van der Waals surface area contributed by atoms with Crippen LogP contribution in [0, 0.1) is 5.92 Å². The highest BCUT2D eigenvalue weighted by atomic mass is 16.4. The Balaban J connectivity index is 2.18. The van der Waals surface area contributed by atoms with Crippen LogP contribution in [-0.4, -0.2) is 34.1 Å². The Morgan fingerprint density at radius 2 is 1.94 bits per heavy atom. The molecule has 0 spiro atoms. The molecule has 1 aliphatic carbocycles. The molecule has 0 aromatic heterocycles. The number of hydrogen-bond donors (Lipinski definition) is 1. The monoisotopic (exact) mass is 239 g/mol. The maximum Gasteiger partial charge on any atom is 0.323 e. The number of carbonyl (C=O) groups is 1. The lowest BCUT2D eigenvalue weighted by Gasteiger charge is -2.49. The largest absolute Gasteiger partial charge is 0.480 e. The molecule has 1 saturated heterocycles. The molecule has 3 nitrogen and oxygen atoms in total. The second kappa shape index (κ2) is 4.97. The molecule has 0 amide bonds. The zero-order valence-electron chi connectivity index (χ0n) is 11.1. The van der Waals surface area contributed by atoms with Crippen LogP contribution in [-0.2, 0) is 4.79 Å². The summed E-state index contributed by atoms with van der Waals surface area (Å²) in [5.74, 6) is 0.0236. The van der Waals surface area contributed by atoms with Crippen LogP contribution in [0.15, 0.2) is 0 Å². The van der Waals surface area contributed by atoms with Crippen molar-refractivity contribution in [3.8, 4) is 0 Å². The van der Waals surface area contributed by atoms with E-state index in [2.05, 4.69) is 11.8 Å². The van der Waals surface area contributed by atoms with Gasteiger partial charge in [-0.15, -0.1) is 0 Å². The Hall–Kier alpha value is -0.570. The molecule has 3 unspecified atom stereocenters. The molecule has 0 aromatic carbocycles. The lowest BCUT2D eigenvalue weighted by atomic mass is 9.79. The summed E-state index contributed by atoms with van der Waals surface area (Å²) in [7, 11) is 0. The molecule has 2 aliphatic rings. The average molecular weight is 239 g/mol. The van der Waals surface area contributed by atoms with Gasteiger partial charge in [0.25, 0.3) is 0 Å². The summed E-state index contributed by atoms with van der Waals surface area (Å²) < 4.78 is 0. The van der Waals surface area contributed by atoms with Gasteiger partial charge in [0.05, 0.1) is 0 Å². The van der Waals surface area contributed by atoms with Crippen molar-refractivity contribution >= 4 is 5.97 Å². The Morgan fingerprint density at radius 3 is 2.59 bits per heavy atom. The molecular weight excluding hydrogens is 214 g/mol. The molecule has 1 saturated carbocycles. The van der Waals surface area contributed by atoms with Crippen LogP contribution in [0.5, 0.6) is 0 Å². The molecule has 17 heavy (non-hydrogen) atoms. The first kappa shape index (κ1) is 12.9. The van der Waals surface area contributed by atoms with Gasteiger partial charge in [0.2, 0.25) is 0 Å². The lowest BCUT2D eigenvalue weighted by Crippen LogP contribution is -2.60. The summed E-state index contributed by atoms with van der Waals surface area (Å²) in [5, 5.41) is 9.54. The van der Waals surface area contributed by atoms with Crippen molar-refractivity contribution in [3.05, 3.63) is 0 Å². The van der Waals surface area contributed by atoms with E-state index in [0.29, 0.717) is 12.0 Å². The number of nitrogens with zero attached hydrogens (tertiary/aromatic N) is 1. The molecule has 3 atom stereocenters. The number of aliphatic carboxylic acids is 1. The maximum absolute atomic E-state index is 11.6. The number of likely N-dealkylation sites (tertiary alicyclic amines) is 1. The van der Waals surface area contributed by atoms with Crippen molar-refractivity contribution < 1.29 is 9.90 Å². The highest BCUT2D eigenvalue weighted by Crippen LogP contribution is 2.37. The van der Waals surface area contributed by atoms with Gasteiger partial charge < -0.3 is 5.11 Å². The molecule has 0 radical (unpaired) electrons. The predicted octanol–water partition coefficient (Wildman–Crippen LogP) is 2.89. The fourth-order valence-electron chi connectivity index (χ4n) is 3.66. The smallest absolute Gasteiger partial charge is 0.323 e. The van der Waals surface area contributed by atoms with Crippen LogP contribution in [0.3, 0.4) is 0 Å². The van der Waals surface area contributed by atoms with Gasteiger partial charge in [-0.1, -0.05) is 19.8 Å². The fraction of sp³-hybridized carbons (Fsp3) is 0.929. The average Bonchev–Trinajstić information content (AvgIpc) is 2.31. The second-order valence-corrected chi connectivity index (χ2v) is 6.06. The highest BCUT2D eigenvalue weighted by Gasteiger charge is 2.45. The van der Waals surface area contributed by atoms with E-state index in [1.165, 1.54) is 25.7 Å². The molecule has 1 N–H and O–H groups in total. The summed E-state index contributed by atoms with van der Waals surface area (Å²) >= 11 is 0. The van der Waals surface area contributed by atoms with E-state index < -0.39 is 11.5 Å². The fourth-order valence-corrected chi connectivity index (χ4v) is 3.66. The zero-order chi connectivity index (χ0) is 12.5. The number of hydrogen-bond acceptors (Lipinski definition) is 2. The quantitative estimate of drug-likeness (QED) is 0.805. The van der Waals surface area contributed by atoms with Gasteiger partial charge in [0, 0.05) is 6.04 Å². The highest BCUT2D eigenvalue weighted by molar-refractivity contribution is 5.78. The number of carboxylic acids is 1. The van der Waals surface area contributed by atoms with E-state index in [9.17, 15) is 9.90 Å². The molecule has 0 bridgehead atoms. The minimum absolute atomic E-state index is 0.491. The Bertz CT molecular complexity index is 292. The third-order valence-electron chi connectivity index (χ3n) is 4.87. The van der Waals surface area contributed by atoms with Crippen LogP contribution < -0.4 is 0 Å². The van der Waals surface area contributed by atoms with E-state index >= 15 is 0 Å². The number of piperidine rings is 1. The standard InChI is InChI=1S/C14H25NO2/c1-11-7-3-4-8-12(11)15-10-6-5-9-14(15,2)13(16)17/h11-12H,3-10H2,1-2H3,(H,16,17). The molecule has 2 fully saturated rings. The number of rotatable bonds is 2. The van der Waals surface area contributed by atoms with E-state index in [1.54, 1.807) is 0 Å². The summed E-state index contributed by atoms with van der Waals surface area (Å²) in [6.45, 7) is 5.19. The van der Waals surface area contributed by atoms with Crippen LogP contribution in [0.1, 0.15) is 58.8 Å². The SMILES string of the molecule is CC1CCCCC1N1CCCCC1(C)C(=O)O. The van der Waals surface area contributed by atoms with Gasteiger partial charge in [-0.2, -0.15) is 0 Å². The summed E-state index contributed by atoms with van der Waals surface area (Å²) in [6.07, 6.45) is 8.05. The molecule has 2 rings (SSSR count). The van der Waals surface area contributed by atoms with Crippen LogP contribution >= 0.6 is 0 Å². The number of carboxylic acid groups (broad SMARTS) is 1. The second-order valence-electron chi connectivity index (χ2n) is 6.06. The van der Waals surface area contributed by atoms with Gasteiger partial charge in [-0.3, -0.25) is 9.69 Å². The van der Waals surface area contributed by atoms with Crippen LogP contribution in [0.2, 0.25) is 0 Å². The summed E-state index contributed by atoms with van der Waals surface area (Å²) in [4.78, 5) is 13.9. The molecule has 98 valence electrons. The van der Waals surface area contributed by atoms with E-state index in [1.807, 2.05) is 6.92 Å². The Morgan fingerprint density at radius 1 is 1.24 bits per heavy atom. The van der Waals surface area contributed by atoms with Crippen molar-refractivity contribution in [1.29, 1.82) is 0 Å². The molecular formula is C14H25NO2. The first-order chi connectivity index (χ1) is 8.05. The van der Waals surface area contributed by atoms with Crippen molar-refractivity contribution in [2.24, 2.45) is 5.92 Å². The van der Waals surface area contributed by atoms with Crippen molar-refractivity contribution in [2.45, 2.75) is 70.4 Å². The van der Waals surface area contributed by atoms with E-state index in [4.69, 9.17) is 0 Å². The van der Waals surface area contributed by atoms with Crippen molar-refractivity contribution in [3.63, 3.8) is 0 Å². The van der Waals surface area contributed by atoms with Gasteiger partial charge in [-0.25, -0.2) is 0 Å². The van der Waals surface area contributed by atoms with E-state index in [0.717, 1.165) is 25.8 Å². The van der Waals surface area contributed by atoms with Gasteiger partial charge >= 0.3 is 5.97 Å². The van der Waals surface area contributed by atoms with Crippen molar-refractivity contribution in [1.82, 2.24) is 4.90 Å². The minimum Gasteiger partial charge on any atom is -0.480 e. The van der Waals surface area contributed by atoms with Gasteiger partial charge in [0.1, 0.15) is 5.54 Å². The minimum atomic E-state index is -0.630. The van der Waals surface area contributed by atoms with Crippen LogP contribution in [0.25, 0.3) is 0 Å². The first-order valence-electron chi connectivity index (χ1n) is 7.06. The molecule has 1 aliphatic heterocycles. The van der Waals surface area contributed by atoms with Crippen molar-refractivity contribution in [2.75, 3.05) is 6.54 Å².